The van der Waals surface area contributed by atoms with Gasteiger partial charge in [0.2, 0.25) is 5.91 Å². The van der Waals surface area contributed by atoms with Gasteiger partial charge in [-0.1, -0.05) is 49.0 Å². The van der Waals surface area contributed by atoms with Crippen LogP contribution in [-0.4, -0.2) is 87.7 Å². The lowest BCUT2D eigenvalue weighted by molar-refractivity contribution is -0.126. The van der Waals surface area contributed by atoms with E-state index in [4.69, 9.17) is 19.8 Å². The largest absolute Gasteiger partial charge is 0.461 e. The summed E-state index contributed by atoms with van der Waals surface area (Å²) in [5.74, 6) is 0.699. The molecule has 0 bridgehead atoms. The van der Waals surface area contributed by atoms with Gasteiger partial charge >= 0.3 is 6.01 Å². The van der Waals surface area contributed by atoms with Crippen LogP contribution in [0.4, 0.5) is 5.82 Å². The molecule has 1 atom stereocenters. The lowest BCUT2D eigenvalue weighted by atomic mass is 10.0. The molecule has 2 saturated heterocycles. The molecule has 9 heteroatoms. The molecule has 2 aromatic carbocycles. The minimum absolute atomic E-state index is 0.0413. The number of fused-ring (bicyclic) bond motifs is 2. The van der Waals surface area contributed by atoms with E-state index in [0.29, 0.717) is 56.9 Å². The monoisotopic (exact) mass is 511 g/mol. The van der Waals surface area contributed by atoms with Gasteiger partial charge in [-0.15, -0.1) is 5.10 Å². The summed E-state index contributed by atoms with van der Waals surface area (Å²) in [6.45, 7) is 7.78. The van der Waals surface area contributed by atoms with Crippen LogP contribution in [-0.2, 0) is 11.2 Å². The van der Waals surface area contributed by atoms with Crippen molar-refractivity contribution >= 4 is 28.1 Å². The number of carbonyl (C=O) groups excluding carboxylic acids is 1. The van der Waals surface area contributed by atoms with E-state index in [0.717, 1.165) is 24.5 Å². The number of amides is 1. The molecule has 0 N–H and O–H groups in total. The minimum Gasteiger partial charge on any atom is -0.461 e. The summed E-state index contributed by atoms with van der Waals surface area (Å²) in [6, 6.07) is 15.5. The Morgan fingerprint density at radius 3 is 2.71 bits per heavy atom. The summed E-state index contributed by atoms with van der Waals surface area (Å²) in [4.78, 5) is 28.0. The Morgan fingerprint density at radius 1 is 1.11 bits per heavy atom. The van der Waals surface area contributed by atoms with Crippen LogP contribution in [0.15, 0.2) is 61.3 Å². The second-order valence-corrected chi connectivity index (χ2v) is 10.1. The van der Waals surface area contributed by atoms with E-state index in [1.165, 1.54) is 28.8 Å². The number of piperazine rings is 1. The summed E-state index contributed by atoms with van der Waals surface area (Å²) >= 11 is 0. The third-order valence-electron chi connectivity index (χ3n) is 7.79. The standard InChI is InChI=1S/C29H33N7O2/c1-3-26(37)34-14-16-35(17-15-34)28-27-30-19-24(18-22-10-6-9-21-8-4-5-12-25(21)22)36(27)32-29(31-28)38-20-23-11-7-13-33(23)2/h3-6,8-10,12,19,23H,1,7,11,13-18,20H2,2H3/t23-/m0/s1. The first-order valence-electron chi connectivity index (χ1n) is 13.3. The molecule has 2 aliphatic heterocycles. The second-order valence-electron chi connectivity index (χ2n) is 10.1. The van der Waals surface area contributed by atoms with E-state index in [1.807, 2.05) is 15.6 Å². The number of ether oxygens (including phenoxy) is 1. The van der Waals surface area contributed by atoms with Crippen LogP contribution >= 0.6 is 0 Å². The number of benzene rings is 2. The molecule has 38 heavy (non-hydrogen) atoms. The third-order valence-corrected chi connectivity index (χ3v) is 7.79. The maximum atomic E-state index is 12.1. The SMILES string of the molecule is C=CC(=O)N1CCN(c2nc(OC[C@@H]3CCCN3C)nn3c(Cc4cccc5ccccc45)cnc23)CC1. The first kappa shape index (κ1) is 24.4. The number of imidazole rings is 1. The van der Waals surface area contributed by atoms with E-state index in [1.54, 1.807) is 0 Å². The highest BCUT2D eigenvalue weighted by Crippen LogP contribution is 2.26. The van der Waals surface area contributed by atoms with Crippen molar-refractivity contribution in [2.24, 2.45) is 0 Å². The van der Waals surface area contributed by atoms with Crippen molar-refractivity contribution in [2.75, 3.05) is 51.3 Å². The van der Waals surface area contributed by atoms with Gasteiger partial charge in [0.25, 0.3) is 0 Å². The number of hydrogen-bond acceptors (Lipinski definition) is 7. The Balaban J connectivity index is 1.34. The zero-order chi connectivity index (χ0) is 26.1. The summed E-state index contributed by atoms with van der Waals surface area (Å²) < 4.78 is 8.09. The zero-order valence-corrected chi connectivity index (χ0v) is 21.8. The van der Waals surface area contributed by atoms with Gasteiger partial charge < -0.3 is 19.4 Å². The van der Waals surface area contributed by atoms with Gasteiger partial charge in [-0.05, 0) is 48.8 Å². The number of aromatic nitrogens is 4. The average molecular weight is 512 g/mol. The van der Waals surface area contributed by atoms with Crippen LogP contribution < -0.4 is 9.64 Å². The van der Waals surface area contributed by atoms with E-state index in [-0.39, 0.29) is 5.91 Å². The number of carbonyl (C=O) groups is 1. The smallest absolute Gasteiger partial charge is 0.336 e. The number of nitrogens with zero attached hydrogens (tertiary/aromatic N) is 7. The molecule has 9 nitrogen and oxygen atoms in total. The predicted molar refractivity (Wildman–Crippen MR) is 148 cm³/mol. The molecule has 0 aliphatic carbocycles. The Kier molecular flexibility index (Phi) is 6.68. The van der Waals surface area contributed by atoms with Crippen LogP contribution in [0.25, 0.3) is 16.4 Å². The van der Waals surface area contributed by atoms with Gasteiger partial charge in [0.15, 0.2) is 11.5 Å². The van der Waals surface area contributed by atoms with Crippen molar-refractivity contribution in [3.05, 3.63) is 72.6 Å². The quantitative estimate of drug-likeness (QED) is 0.353. The molecule has 6 rings (SSSR count). The number of rotatable bonds is 7. The number of hydrogen-bond donors (Lipinski definition) is 0. The molecule has 2 aromatic heterocycles. The molecule has 0 saturated carbocycles. The molecule has 4 aromatic rings. The maximum Gasteiger partial charge on any atom is 0.336 e. The molecular weight excluding hydrogens is 478 g/mol. The van der Waals surface area contributed by atoms with Crippen molar-refractivity contribution in [1.82, 2.24) is 29.4 Å². The molecule has 0 unspecified atom stereocenters. The zero-order valence-electron chi connectivity index (χ0n) is 21.8. The Bertz CT molecular complexity index is 1470. The molecule has 2 fully saturated rings. The molecule has 1 amide bonds. The highest BCUT2D eigenvalue weighted by molar-refractivity contribution is 5.87. The fourth-order valence-corrected chi connectivity index (χ4v) is 5.56. The van der Waals surface area contributed by atoms with Crippen molar-refractivity contribution in [1.29, 1.82) is 0 Å². The van der Waals surface area contributed by atoms with Crippen LogP contribution in [0.5, 0.6) is 6.01 Å². The first-order chi connectivity index (χ1) is 18.6. The fourth-order valence-electron chi connectivity index (χ4n) is 5.56. The Morgan fingerprint density at radius 2 is 1.92 bits per heavy atom. The lowest BCUT2D eigenvalue weighted by Gasteiger charge is -2.34. The summed E-state index contributed by atoms with van der Waals surface area (Å²) in [7, 11) is 2.14. The van der Waals surface area contributed by atoms with E-state index in [2.05, 4.69) is 65.9 Å². The van der Waals surface area contributed by atoms with Gasteiger partial charge in [0, 0.05) is 38.6 Å². The predicted octanol–water partition coefficient (Wildman–Crippen LogP) is 3.18. The highest BCUT2D eigenvalue weighted by atomic mass is 16.5. The number of likely N-dealkylation sites (N-methyl/N-ethyl adjacent to an activating group) is 1. The molecule has 0 radical (unpaired) electrons. The van der Waals surface area contributed by atoms with Crippen molar-refractivity contribution in [3.8, 4) is 6.01 Å². The maximum absolute atomic E-state index is 12.1. The summed E-state index contributed by atoms with van der Waals surface area (Å²) in [5, 5.41) is 7.25. The normalized spacial score (nSPS) is 18.4. The van der Waals surface area contributed by atoms with Crippen molar-refractivity contribution in [2.45, 2.75) is 25.3 Å². The van der Waals surface area contributed by atoms with Crippen LogP contribution in [0.1, 0.15) is 24.1 Å². The van der Waals surface area contributed by atoms with E-state index < -0.39 is 0 Å². The van der Waals surface area contributed by atoms with Gasteiger partial charge in [-0.2, -0.15) is 4.98 Å². The minimum atomic E-state index is -0.0413. The van der Waals surface area contributed by atoms with Crippen LogP contribution in [0, 0.1) is 0 Å². The lowest BCUT2D eigenvalue weighted by Crippen LogP contribution is -2.48. The molecule has 196 valence electrons. The summed E-state index contributed by atoms with van der Waals surface area (Å²) in [5.41, 5.74) is 2.90. The molecule has 4 heterocycles. The van der Waals surface area contributed by atoms with Gasteiger partial charge in [0.05, 0.1) is 11.9 Å². The van der Waals surface area contributed by atoms with Gasteiger partial charge in [-0.25, -0.2) is 9.50 Å². The average Bonchev–Trinajstić information content (AvgIpc) is 3.56. The molecular formula is C29H33N7O2. The van der Waals surface area contributed by atoms with Crippen LogP contribution in [0.3, 0.4) is 0 Å². The second kappa shape index (κ2) is 10.4. The molecule has 0 spiro atoms. The highest BCUT2D eigenvalue weighted by Gasteiger charge is 2.26. The molecule has 2 aliphatic rings. The van der Waals surface area contributed by atoms with Gasteiger partial charge in [0.1, 0.15) is 6.61 Å². The topological polar surface area (TPSA) is 79.1 Å². The Labute approximate surface area is 222 Å². The fraction of sp³-hybridized carbons (Fsp3) is 0.379. The van der Waals surface area contributed by atoms with E-state index in [9.17, 15) is 4.79 Å². The van der Waals surface area contributed by atoms with Crippen molar-refractivity contribution in [3.63, 3.8) is 0 Å². The van der Waals surface area contributed by atoms with Gasteiger partial charge in [-0.3, -0.25) is 4.79 Å². The van der Waals surface area contributed by atoms with Crippen molar-refractivity contribution < 1.29 is 9.53 Å². The number of anilines is 1. The van der Waals surface area contributed by atoms with E-state index >= 15 is 0 Å². The first-order valence-corrected chi connectivity index (χ1v) is 13.3. The van der Waals surface area contributed by atoms with Crippen LogP contribution in [0.2, 0.25) is 0 Å². The summed E-state index contributed by atoms with van der Waals surface area (Å²) in [6.07, 6.45) is 6.24. The third kappa shape index (κ3) is 4.69. The number of likely N-dealkylation sites (tertiary alicyclic amines) is 1. The Hall–Kier alpha value is -3.98.